The lowest BCUT2D eigenvalue weighted by Crippen LogP contribution is -2.40. The highest BCUT2D eigenvalue weighted by Crippen LogP contribution is 2.10. The Hall–Kier alpha value is -2.08. The van der Waals surface area contributed by atoms with Gasteiger partial charge >= 0.3 is 0 Å². The quantitative estimate of drug-likeness (QED) is 0.654. The number of likely N-dealkylation sites (N-methyl/N-ethyl adjacent to an activating group) is 1. The molecule has 2 amide bonds. The first-order valence-electron chi connectivity index (χ1n) is 7.36. The lowest BCUT2D eigenvalue weighted by molar-refractivity contribution is -0.122. The van der Waals surface area contributed by atoms with E-state index in [-0.39, 0.29) is 11.8 Å². The molecule has 6 heteroatoms. The number of ether oxygens (including phenoxy) is 1. The van der Waals surface area contributed by atoms with Crippen LogP contribution in [-0.2, 0) is 9.59 Å². The van der Waals surface area contributed by atoms with Gasteiger partial charge in [-0.2, -0.15) is 0 Å². The summed E-state index contributed by atoms with van der Waals surface area (Å²) in [4.78, 5) is 24.2. The van der Waals surface area contributed by atoms with E-state index < -0.39 is 0 Å². The Balaban J connectivity index is 2.11. The van der Waals surface area contributed by atoms with Gasteiger partial charge < -0.3 is 15.4 Å². The van der Waals surface area contributed by atoms with E-state index in [9.17, 15) is 9.59 Å². The van der Waals surface area contributed by atoms with Gasteiger partial charge in [0.2, 0.25) is 11.8 Å². The first kappa shape index (κ1) is 18.0. The van der Waals surface area contributed by atoms with Crippen molar-refractivity contribution < 1.29 is 14.3 Å². The number of amides is 2. The largest absolute Gasteiger partial charge is 0.492 e. The van der Waals surface area contributed by atoms with Crippen LogP contribution >= 0.6 is 0 Å². The SMILES string of the molecule is CC(=O)NCCNC(=O)CN(C)CCOc1ccc(C)cc1. The van der Waals surface area contributed by atoms with Gasteiger partial charge in [0.05, 0.1) is 6.54 Å². The highest BCUT2D eigenvalue weighted by atomic mass is 16.5. The van der Waals surface area contributed by atoms with E-state index in [2.05, 4.69) is 10.6 Å². The standard InChI is InChI=1S/C16H25N3O3/c1-13-4-6-15(7-5-13)22-11-10-19(3)12-16(21)18-9-8-17-14(2)20/h4-7H,8-12H2,1-3H3,(H,17,20)(H,18,21). The van der Waals surface area contributed by atoms with E-state index in [0.29, 0.717) is 32.8 Å². The van der Waals surface area contributed by atoms with E-state index in [4.69, 9.17) is 4.74 Å². The number of rotatable bonds is 9. The number of aryl methyl sites for hydroxylation is 1. The molecular weight excluding hydrogens is 282 g/mol. The normalized spacial score (nSPS) is 10.4. The average molecular weight is 307 g/mol. The fourth-order valence-corrected chi connectivity index (χ4v) is 1.77. The van der Waals surface area contributed by atoms with Gasteiger partial charge in [-0.1, -0.05) is 17.7 Å². The fourth-order valence-electron chi connectivity index (χ4n) is 1.77. The van der Waals surface area contributed by atoms with Gasteiger partial charge in [0.1, 0.15) is 12.4 Å². The number of carbonyl (C=O) groups is 2. The van der Waals surface area contributed by atoms with Crippen LogP contribution in [-0.4, -0.2) is 56.5 Å². The van der Waals surface area contributed by atoms with Crippen LogP contribution in [0.25, 0.3) is 0 Å². The predicted octanol–water partition coefficient (Wildman–Crippen LogP) is 0.558. The van der Waals surface area contributed by atoms with Gasteiger partial charge in [-0.25, -0.2) is 0 Å². The summed E-state index contributed by atoms with van der Waals surface area (Å²) < 4.78 is 5.62. The third-order valence-electron chi connectivity index (χ3n) is 3.00. The van der Waals surface area contributed by atoms with E-state index in [1.54, 1.807) is 0 Å². The third kappa shape index (κ3) is 8.26. The fraction of sp³-hybridized carbons (Fsp3) is 0.500. The Labute approximate surface area is 131 Å². The Bertz CT molecular complexity index is 474. The van der Waals surface area contributed by atoms with Crippen LogP contribution in [0, 0.1) is 6.92 Å². The highest BCUT2D eigenvalue weighted by Gasteiger charge is 2.06. The third-order valence-corrected chi connectivity index (χ3v) is 3.00. The molecule has 0 aliphatic rings. The van der Waals surface area contributed by atoms with E-state index in [0.717, 1.165) is 5.75 Å². The topological polar surface area (TPSA) is 70.7 Å². The van der Waals surface area contributed by atoms with Crippen molar-refractivity contribution in [2.45, 2.75) is 13.8 Å². The Morgan fingerprint density at radius 1 is 1.14 bits per heavy atom. The van der Waals surface area contributed by atoms with Crippen molar-refractivity contribution in [1.82, 2.24) is 15.5 Å². The van der Waals surface area contributed by atoms with Crippen LogP contribution in [0.2, 0.25) is 0 Å². The molecule has 0 radical (unpaired) electrons. The van der Waals surface area contributed by atoms with Crippen molar-refractivity contribution in [3.8, 4) is 5.75 Å². The molecule has 0 aliphatic carbocycles. The Kier molecular flexibility index (Phi) is 7.99. The number of nitrogens with one attached hydrogen (secondary N) is 2. The molecule has 1 aromatic rings. The van der Waals surface area contributed by atoms with Gasteiger partial charge in [0, 0.05) is 26.6 Å². The molecule has 0 unspecified atom stereocenters. The lowest BCUT2D eigenvalue weighted by Gasteiger charge is -2.16. The van der Waals surface area contributed by atoms with Crippen LogP contribution in [0.15, 0.2) is 24.3 Å². The summed E-state index contributed by atoms with van der Waals surface area (Å²) >= 11 is 0. The van der Waals surface area contributed by atoms with Gasteiger partial charge in [0.15, 0.2) is 0 Å². The number of nitrogens with zero attached hydrogens (tertiary/aromatic N) is 1. The Morgan fingerprint density at radius 3 is 2.41 bits per heavy atom. The first-order chi connectivity index (χ1) is 10.5. The van der Waals surface area contributed by atoms with E-state index in [1.807, 2.05) is 43.1 Å². The summed E-state index contributed by atoms with van der Waals surface area (Å²) in [7, 11) is 1.87. The molecule has 122 valence electrons. The zero-order valence-electron chi connectivity index (χ0n) is 13.5. The summed E-state index contributed by atoms with van der Waals surface area (Å²) in [6.07, 6.45) is 0. The predicted molar refractivity (Wildman–Crippen MR) is 85.9 cm³/mol. The molecule has 0 aliphatic heterocycles. The maximum absolute atomic E-state index is 11.7. The van der Waals surface area contributed by atoms with Gasteiger partial charge in [-0.3, -0.25) is 14.5 Å². The minimum atomic E-state index is -0.0976. The van der Waals surface area contributed by atoms with Crippen molar-refractivity contribution >= 4 is 11.8 Å². The maximum atomic E-state index is 11.7. The number of carbonyl (C=O) groups excluding carboxylic acids is 2. The van der Waals surface area contributed by atoms with Crippen LogP contribution in [0.3, 0.4) is 0 Å². The van der Waals surface area contributed by atoms with Crippen molar-refractivity contribution in [2.75, 3.05) is 39.8 Å². The molecule has 0 fully saturated rings. The van der Waals surface area contributed by atoms with Gasteiger partial charge in [-0.15, -0.1) is 0 Å². The number of benzene rings is 1. The smallest absolute Gasteiger partial charge is 0.234 e. The molecule has 1 aromatic carbocycles. The monoisotopic (exact) mass is 307 g/mol. The zero-order chi connectivity index (χ0) is 16.4. The highest BCUT2D eigenvalue weighted by molar-refractivity contribution is 5.78. The minimum absolute atomic E-state index is 0.0665. The van der Waals surface area contributed by atoms with Crippen molar-refractivity contribution in [2.24, 2.45) is 0 Å². The second kappa shape index (κ2) is 9.78. The molecule has 6 nitrogen and oxygen atoms in total. The van der Waals surface area contributed by atoms with Gasteiger partial charge in [-0.05, 0) is 26.1 Å². The molecule has 1 rings (SSSR count). The summed E-state index contributed by atoms with van der Waals surface area (Å²) in [6.45, 7) is 5.85. The molecule has 0 saturated carbocycles. The van der Waals surface area contributed by atoms with Crippen LogP contribution in [0.4, 0.5) is 0 Å². The average Bonchev–Trinajstić information content (AvgIpc) is 2.45. The maximum Gasteiger partial charge on any atom is 0.234 e. The molecule has 0 spiro atoms. The zero-order valence-corrected chi connectivity index (χ0v) is 13.5. The number of hydrogen-bond donors (Lipinski definition) is 2. The van der Waals surface area contributed by atoms with Crippen molar-refractivity contribution in [3.63, 3.8) is 0 Å². The molecule has 0 saturated heterocycles. The van der Waals surface area contributed by atoms with Crippen molar-refractivity contribution in [3.05, 3.63) is 29.8 Å². The molecule has 22 heavy (non-hydrogen) atoms. The second-order valence-electron chi connectivity index (χ2n) is 5.23. The van der Waals surface area contributed by atoms with Crippen LogP contribution in [0.1, 0.15) is 12.5 Å². The van der Waals surface area contributed by atoms with Crippen LogP contribution < -0.4 is 15.4 Å². The second-order valence-corrected chi connectivity index (χ2v) is 5.23. The van der Waals surface area contributed by atoms with Crippen molar-refractivity contribution in [1.29, 1.82) is 0 Å². The van der Waals surface area contributed by atoms with Crippen LogP contribution in [0.5, 0.6) is 5.75 Å². The number of hydrogen-bond acceptors (Lipinski definition) is 4. The van der Waals surface area contributed by atoms with E-state index >= 15 is 0 Å². The molecule has 0 heterocycles. The summed E-state index contributed by atoms with van der Waals surface area (Å²) in [5.41, 5.74) is 1.19. The molecular formula is C16H25N3O3. The lowest BCUT2D eigenvalue weighted by atomic mass is 10.2. The molecule has 2 N–H and O–H groups in total. The summed E-state index contributed by atoms with van der Waals surface area (Å²) in [5.74, 6) is 0.668. The molecule has 0 aromatic heterocycles. The minimum Gasteiger partial charge on any atom is -0.492 e. The summed E-state index contributed by atoms with van der Waals surface area (Å²) in [5, 5.41) is 5.37. The summed E-state index contributed by atoms with van der Waals surface area (Å²) in [6, 6.07) is 7.87. The Morgan fingerprint density at radius 2 is 1.77 bits per heavy atom. The van der Waals surface area contributed by atoms with E-state index in [1.165, 1.54) is 12.5 Å². The van der Waals surface area contributed by atoms with Gasteiger partial charge in [0.25, 0.3) is 0 Å². The first-order valence-corrected chi connectivity index (χ1v) is 7.36. The molecule has 0 bridgehead atoms. The molecule has 0 atom stereocenters.